The van der Waals surface area contributed by atoms with E-state index in [1.165, 1.54) is 17.4 Å². The first-order valence-corrected chi connectivity index (χ1v) is 7.05. The van der Waals surface area contributed by atoms with E-state index in [1.807, 2.05) is 19.1 Å². The predicted octanol–water partition coefficient (Wildman–Crippen LogP) is 3.42. The van der Waals surface area contributed by atoms with Crippen molar-refractivity contribution in [1.29, 1.82) is 0 Å². The third-order valence-corrected chi connectivity index (χ3v) is 4.02. The number of aryl methyl sites for hydroxylation is 1. The highest BCUT2D eigenvalue weighted by Gasteiger charge is 2.12. The van der Waals surface area contributed by atoms with E-state index in [0.29, 0.717) is 16.5 Å². The zero-order chi connectivity index (χ0) is 13.2. The Morgan fingerprint density at radius 2 is 2.26 bits per heavy atom. The summed E-state index contributed by atoms with van der Waals surface area (Å²) in [5, 5.41) is 3.17. The quantitative estimate of drug-likeness (QED) is 0.803. The van der Waals surface area contributed by atoms with Crippen LogP contribution in [-0.2, 0) is 0 Å². The number of aromatic nitrogens is 2. The minimum Gasteiger partial charge on any atom is -0.472 e. The lowest BCUT2D eigenvalue weighted by Crippen LogP contribution is -2.10. The van der Waals surface area contributed by atoms with Gasteiger partial charge in [-0.25, -0.2) is 0 Å². The normalized spacial score (nSPS) is 10.6. The molecular weight excluding hydrogens is 282 g/mol. The van der Waals surface area contributed by atoms with Gasteiger partial charge in [-0.2, -0.15) is 9.36 Å². The third kappa shape index (κ3) is 2.56. The molecule has 3 rings (SSSR count). The van der Waals surface area contributed by atoms with Gasteiger partial charge in [-0.15, -0.1) is 11.3 Å². The first-order chi connectivity index (χ1) is 9.22. The molecule has 0 radical (unpaired) electrons. The zero-order valence-corrected chi connectivity index (χ0v) is 11.5. The van der Waals surface area contributed by atoms with E-state index in [1.54, 1.807) is 17.4 Å². The zero-order valence-electron chi connectivity index (χ0n) is 9.91. The minimum atomic E-state index is -0.251. The summed E-state index contributed by atoms with van der Waals surface area (Å²) < 4.78 is 9.10. The molecule has 1 N–H and O–H groups in total. The van der Waals surface area contributed by atoms with Gasteiger partial charge >= 0.3 is 0 Å². The lowest BCUT2D eigenvalue weighted by atomic mass is 10.3. The van der Waals surface area contributed by atoms with Crippen LogP contribution in [0.25, 0.3) is 10.7 Å². The summed E-state index contributed by atoms with van der Waals surface area (Å²) >= 11 is 2.79. The molecule has 0 aliphatic heterocycles. The molecule has 0 unspecified atom stereocenters. The fourth-order valence-electron chi connectivity index (χ4n) is 1.49. The fraction of sp³-hybridized carbons (Fsp3) is 0.0833. The van der Waals surface area contributed by atoms with E-state index < -0.39 is 0 Å². The van der Waals surface area contributed by atoms with Gasteiger partial charge in [0.15, 0.2) is 5.82 Å². The highest BCUT2D eigenvalue weighted by Crippen LogP contribution is 2.27. The maximum Gasteiger partial charge on any atom is 0.260 e. The van der Waals surface area contributed by atoms with Crippen LogP contribution in [0.3, 0.4) is 0 Å². The summed E-state index contributed by atoms with van der Waals surface area (Å²) in [7, 11) is 0. The number of carbonyl (C=O) groups is 1. The van der Waals surface area contributed by atoms with Gasteiger partial charge in [-0.05, 0) is 25.1 Å². The van der Waals surface area contributed by atoms with Crippen LogP contribution in [0.4, 0.5) is 5.13 Å². The lowest BCUT2D eigenvalue weighted by Gasteiger charge is -1.96. The van der Waals surface area contributed by atoms with Crippen LogP contribution in [0.2, 0.25) is 0 Å². The Hall–Kier alpha value is -1.99. The van der Waals surface area contributed by atoms with Gasteiger partial charge in [-0.3, -0.25) is 10.1 Å². The van der Waals surface area contributed by atoms with Crippen LogP contribution in [0.1, 0.15) is 15.2 Å². The summed E-state index contributed by atoms with van der Waals surface area (Å²) in [6, 6.07) is 5.59. The second kappa shape index (κ2) is 4.94. The number of thiophene rings is 1. The third-order valence-electron chi connectivity index (χ3n) is 2.39. The Kier molecular flexibility index (Phi) is 3.14. The van der Waals surface area contributed by atoms with Crippen LogP contribution in [0, 0.1) is 6.92 Å². The van der Waals surface area contributed by atoms with E-state index in [9.17, 15) is 4.79 Å². The summed E-state index contributed by atoms with van der Waals surface area (Å²) in [5.74, 6) is 0.393. The number of hydrogen-bond acceptors (Lipinski definition) is 6. The topological polar surface area (TPSA) is 68.0 Å². The van der Waals surface area contributed by atoms with E-state index in [0.717, 1.165) is 16.4 Å². The van der Waals surface area contributed by atoms with Crippen molar-refractivity contribution < 1.29 is 9.21 Å². The Labute approximate surface area is 117 Å². The lowest BCUT2D eigenvalue weighted by molar-refractivity contribution is 0.102. The smallest absolute Gasteiger partial charge is 0.260 e. The van der Waals surface area contributed by atoms with Crippen LogP contribution in [0.15, 0.2) is 35.1 Å². The summed E-state index contributed by atoms with van der Waals surface area (Å²) in [6.45, 7) is 2.03. The molecule has 0 saturated heterocycles. The Morgan fingerprint density at radius 1 is 1.37 bits per heavy atom. The number of nitrogens with zero attached hydrogens (tertiary/aromatic N) is 2. The monoisotopic (exact) mass is 291 g/mol. The van der Waals surface area contributed by atoms with Gasteiger partial charge in [-0.1, -0.05) is 0 Å². The molecule has 3 aromatic rings. The van der Waals surface area contributed by atoms with Gasteiger partial charge in [0.1, 0.15) is 6.26 Å². The highest BCUT2D eigenvalue weighted by molar-refractivity contribution is 7.15. The van der Waals surface area contributed by atoms with Gasteiger partial charge in [0.25, 0.3) is 5.91 Å². The average molecular weight is 291 g/mol. The van der Waals surface area contributed by atoms with Crippen molar-refractivity contribution in [2.45, 2.75) is 6.92 Å². The maximum absolute atomic E-state index is 11.8. The maximum atomic E-state index is 11.8. The van der Waals surface area contributed by atoms with E-state index in [-0.39, 0.29) is 5.91 Å². The molecule has 0 bridgehead atoms. The number of carbonyl (C=O) groups excluding carboxylic acids is 1. The van der Waals surface area contributed by atoms with Crippen LogP contribution < -0.4 is 5.32 Å². The standard InChI is InChI=1S/C12H9N3O2S2/c1-7-2-3-9(18-7)10-13-12(19-15-10)14-11(16)8-4-5-17-6-8/h2-6H,1H3,(H,13,14,15,16). The number of rotatable bonds is 3. The molecule has 3 aromatic heterocycles. The fourth-order valence-corrected chi connectivity index (χ4v) is 2.93. The molecule has 5 nitrogen and oxygen atoms in total. The van der Waals surface area contributed by atoms with Gasteiger partial charge in [0.2, 0.25) is 5.13 Å². The van der Waals surface area contributed by atoms with Gasteiger partial charge in [0.05, 0.1) is 16.7 Å². The van der Waals surface area contributed by atoms with Crippen LogP contribution >= 0.6 is 22.9 Å². The number of hydrogen-bond donors (Lipinski definition) is 1. The molecule has 19 heavy (non-hydrogen) atoms. The van der Waals surface area contributed by atoms with Gasteiger partial charge in [0, 0.05) is 16.4 Å². The Bertz CT molecular complexity index is 700. The molecule has 0 aliphatic carbocycles. The molecule has 7 heteroatoms. The van der Waals surface area contributed by atoms with Crippen molar-refractivity contribution in [3.63, 3.8) is 0 Å². The van der Waals surface area contributed by atoms with Crippen molar-refractivity contribution in [3.05, 3.63) is 41.2 Å². The van der Waals surface area contributed by atoms with Crippen molar-refractivity contribution in [1.82, 2.24) is 9.36 Å². The highest BCUT2D eigenvalue weighted by atomic mass is 32.1. The van der Waals surface area contributed by atoms with Crippen molar-refractivity contribution >= 4 is 33.9 Å². The van der Waals surface area contributed by atoms with E-state index in [4.69, 9.17) is 4.42 Å². The molecule has 0 spiro atoms. The summed E-state index contributed by atoms with van der Waals surface area (Å²) in [5.41, 5.74) is 0.462. The van der Waals surface area contributed by atoms with Crippen LogP contribution in [0.5, 0.6) is 0 Å². The first-order valence-electron chi connectivity index (χ1n) is 5.46. The SMILES string of the molecule is Cc1ccc(-c2nsc(NC(=O)c3ccoc3)n2)s1. The van der Waals surface area contributed by atoms with E-state index in [2.05, 4.69) is 14.7 Å². The van der Waals surface area contributed by atoms with Crippen molar-refractivity contribution in [2.75, 3.05) is 5.32 Å². The number of amides is 1. The molecule has 96 valence electrons. The number of furan rings is 1. The molecule has 0 aliphatic rings. The largest absolute Gasteiger partial charge is 0.472 e. The van der Waals surface area contributed by atoms with Crippen molar-refractivity contribution in [3.8, 4) is 10.7 Å². The predicted molar refractivity (Wildman–Crippen MR) is 74.6 cm³/mol. The average Bonchev–Trinajstić information content (AvgIpc) is 3.07. The van der Waals surface area contributed by atoms with Gasteiger partial charge < -0.3 is 4.42 Å². The Morgan fingerprint density at radius 3 is 2.95 bits per heavy atom. The number of nitrogens with one attached hydrogen (secondary N) is 1. The molecular formula is C12H9N3O2S2. The second-order valence-electron chi connectivity index (χ2n) is 3.80. The summed E-state index contributed by atoms with van der Waals surface area (Å²) in [4.78, 5) is 18.3. The summed E-state index contributed by atoms with van der Waals surface area (Å²) in [6.07, 6.45) is 2.84. The van der Waals surface area contributed by atoms with Crippen LogP contribution in [-0.4, -0.2) is 15.3 Å². The Balaban J connectivity index is 1.77. The molecule has 3 heterocycles. The molecule has 1 amide bonds. The molecule has 0 aromatic carbocycles. The van der Waals surface area contributed by atoms with E-state index >= 15 is 0 Å². The van der Waals surface area contributed by atoms with Crippen molar-refractivity contribution in [2.24, 2.45) is 0 Å². The number of anilines is 1. The molecule has 0 saturated carbocycles. The molecule has 0 atom stereocenters. The molecule has 0 fully saturated rings. The second-order valence-corrected chi connectivity index (χ2v) is 5.84. The minimum absolute atomic E-state index is 0.251. The first kappa shape index (κ1) is 12.1.